The van der Waals surface area contributed by atoms with Crippen molar-refractivity contribution in [2.24, 2.45) is 5.84 Å². The predicted molar refractivity (Wildman–Crippen MR) is 50.8 cm³/mol. The van der Waals surface area contributed by atoms with Gasteiger partial charge in [0.25, 0.3) is 5.91 Å². The van der Waals surface area contributed by atoms with E-state index < -0.39 is 11.7 Å². The number of rotatable bonds is 1. The summed E-state index contributed by atoms with van der Waals surface area (Å²) in [5.74, 6) is 3.66. The lowest BCUT2D eigenvalue weighted by Crippen LogP contribution is -2.30. The lowest BCUT2D eigenvalue weighted by molar-refractivity contribution is 0.0949. The van der Waals surface area contributed by atoms with Crippen molar-refractivity contribution >= 4 is 28.5 Å². The molecule has 64 valence electrons. The van der Waals surface area contributed by atoms with E-state index >= 15 is 0 Å². The first-order chi connectivity index (χ1) is 5.65. The molecule has 1 amide bonds. The Bertz CT molecular complexity index is 316. The van der Waals surface area contributed by atoms with Gasteiger partial charge in [0.2, 0.25) is 0 Å². The second-order valence-electron chi connectivity index (χ2n) is 2.10. The molecule has 0 saturated carbocycles. The molecule has 1 aromatic rings. The smallest absolute Gasteiger partial charge is 0.268 e. The summed E-state index contributed by atoms with van der Waals surface area (Å²) in [5, 5.41) is 0. The Morgan fingerprint density at radius 2 is 2.25 bits per heavy atom. The molecular weight excluding hydrogens is 274 g/mol. The van der Waals surface area contributed by atoms with Gasteiger partial charge in [-0.25, -0.2) is 10.2 Å². The Hall–Kier alpha value is -0.690. The Morgan fingerprint density at radius 3 is 2.83 bits per heavy atom. The minimum atomic E-state index is -0.619. The third-order valence-electron chi connectivity index (χ3n) is 1.30. The van der Waals surface area contributed by atoms with E-state index in [9.17, 15) is 9.18 Å². The monoisotopic (exact) mass is 280 g/mol. The van der Waals surface area contributed by atoms with E-state index in [1.165, 1.54) is 12.1 Å². The van der Waals surface area contributed by atoms with Gasteiger partial charge in [0, 0.05) is 3.57 Å². The zero-order valence-electron chi connectivity index (χ0n) is 5.97. The number of hydrogen-bond donors (Lipinski definition) is 2. The first kappa shape index (κ1) is 9.40. The van der Waals surface area contributed by atoms with Crippen LogP contribution in [0.5, 0.6) is 0 Å². The van der Waals surface area contributed by atoms with E-state index in [0.717, 1.165) is 3.57 Å². The van der Waals surface area contributed by atoms with Crippen molar-refractivity contribution < 1.29 is 9.18 Å². The topological polar surface area (TPSA) is 55.1 Å². The van der Waals surface area contributed by atoms with E-state index in [0.29, 0.717) is 0 Å². The second-order valence-corrected chi connectivity index (χ2v) is 3.34. The zero-order chi connectivity index (χ0) is 9.14. The number of benzene rings is 1. The molecule has 3 N–H and O–H groups in total. The largest absolute Gasteiger partial charge is 0.290 e. The van der Waals surface area contributed by atoms with Crippen LogP contribution in [0.25, 0.3) is 0 Å². The molecule has 0 spiro atoms. The van der Waals surface area contributed by atoms with Crippen LogP contribution in [0.2, 0.25) is 0 Å². The number of amides is 1. The van der Waals surface area contributed by atoms with Gasteiger partial charge in [-0.15, -0.1) is 0 Å². The third kappa shape index (κ3) is 1.92. The predicted octanol–water partition coefficient (Wildman–Crippen LogP) is 1.03. The van der Waals surface area contributed by atoms with Crippen molar-refractivity contribution in [3.8, 4) is 0 Å². The number of carbonyl (C=O) groups excluding carboxylic acids is 1. The molecule has 0 aliphatic carbocycles. The lowest BCUT2D eigenvalue weighted by Gasteiger charge is -2.00. The fourth-order valence-corrected chi connectivity index (χ4v) is 1.24. The molecule has 0 heterocycles. The maximum absolute atomic E-state index is 12.9. The number of hydrogen-bond acceptors (Lipinski definition) is 2. The minimum Gasteiger partial charge on any atom is -0.290 e. The summed E-state index contributed by atoms with van der Waals surface area (Å²) in [6.07, 6.45) is 0. The number of hydrazine groups is 1. The quantitative estimate of drug-likeness (QED) is 0.349. The SMILES string of the molecule is NNC(=O)c1cc(I)ccc1F. The van der Waals surface area contributed by atoms with Gasteiger partial charge in [-0.05, 0) is 40.8 Å². The van der Waals surface area contributed by atoms with Crippen molar-refractivity contribution in [1.29, 1.82) is 0 Å². The summed E-state index contributed by atoms with van der Waals surface area (Å²) in [6.45, 7) is 0. The highest BCUT2D eigenvalue weighted by Crippen LogP contribution is 2.11. The van der Waals surface area contributed by atoms with Crippen LogP contribution >= 0.6 is 22.6 Å². The molecule has 1 aromatic carbocycles. The molecule has 0 radical (unpaired) electrons. The number of nitrogens with two attached hydrogens (primary N) is 1. The van der Waals surface area contributed by atoms with E-state index in [1.54, 1.807) is 6.07 Å². The minimum absolute atomic E-state index is 0.0376. The number of carbonyl (C=O) groups is 1. The maximum Gasteiger partial charge on any atom is 0.268 e. The van der Waals surface area contributed by atoms with Crippen LogP contribution in [0.4, 0.5) is 4.39 Å². The number of nitrogens with one attached hydrogen (secondary N) is 1. The van der Waals surface area contributed by atoms with Crippen LogP contribution in [0, 0.1) is 9.39 Å². The van der Waals surface area contributed by atoms with Crippen LogP contribution in [-0.4, -0.2) is 5.91 Å². The number of halogens is 2. The first-order valence-corrected chi connectivity index (χ1v) is 4.19. The van der Waals surface area contributed by atoms with Gasteiger partial charge in [0.15, 0.2) is 0 Å². The summed E-state index contributed by atoms with van der Waals surface area (Å²) in [7, 11) is 0. The van der Waals surface area contributed by atoms with E-state index in [-0.39, 0.29) is 5.56 Å². The fraction of sp³-hybridized carbons (Fsp3) is 0. The molecular formula is C7H6FIN2O. The second kappa shape index (κ2) is 3.81. The van der Waals surface area contributed by atoms with Gasteiger partial charge in [0.05, 0.1) is 5.56 Å². The molecule has 1 rings (SSSR count). The van der Waals surface area contributed by atoms with Gasteiger partial charge in [-0.2, -0.15) is 0 Å². The van der Waals surface area contributed by atoms with E-state index in [2.05, 4.69) is 0 Å². The van der Waals surface area contributed by atoms with Crippen LogP contribution in [-0.2, 0) is 0 Å². The summed E-state index contributed by atoms with van der Waals surface area (Å²) < 4.78 is 13.7. The average Bonchev–Trinajstić information content (AvgIpc) is 2.08. The van der Waals surface area contributed by atoms with Gasteiger partial charge in [0.1, 0.15) is 5.82 Å². The van der Waals surface area contributed by atoms with Crippen molar-refractivity contribution in [1.82, 2.24) is 5.43 Å². The van der Waals surface area contributed by atoms with Gasteiger partial charge in [-0.1, -0.05) is 0 Å². The van der Waals surface area contributed by atoms with Crippen molar-refractivity contribution in [3.63, 3.8) is 0 Å². The number of nitrogen functional groups attached to an aromatic ring is 1. The van der Waals surface area contributed by atoms with Crippen LogP contribution in [0.3, 0.4) is 0 Å². The summed E-state index contributed by atoms with van der Waals surface area (Å²) in [5.41, 5.74) is 1.83. The Kier molecular flexibility index (Phi) is 2.99. The highest BCUT2D eigenvalue weighted by atomic mass is 127. The molecule has 0 bridgehead atoms. The zero-order valence-corrected chi connectivity index (χ0v) is 8.13. The van der Waals surface area contributed by atoms with Gasteiger partial charge >= 0.3 is 0 Å². The summed E-state index contributed by atoms with van der Waals surface area (Å²) >= 11 is 1.98. The summed E-state index contributed by atoms with van der Waals surface area (Å²) in [6, 6.07) is 4.23. The van der Waals surface area contributed by atoms with Gasteiger partial charge in [-0.3, -0.25) is 10.2 Å². The lowest BCUT2D eigenvalue weighted by atomic mass is 10.2. The van der Waals surface area contributed by atoms with E-state index in [1.807, 2.05) is 28.0 Å². The van der Waals surface area contributed by atoms with Crippen LogP contribution in [0.1, 0.15) is 10.4 Å². The third-order valence-corrected chi connectivity index (χ3v) is 1.98. The molecule has 0 fully saturated rings. The molecule has 0 unspecified atom stereocenters. The normalized spacial score (nSPS) is 9.58. The molecule has 0 saturated heterocycles. The van der Waals surface area contributed by atoms with Crippen molar-refractivity contribution in [3.05, 3.63) is 33.1 Å². The Labute approximate surface area is 82.2 Å². The van der Waals surface area contributed by atoms with Crippen molar-refractivity contribution in [2.45, 2.75) is 0 Å². The first-order valence-electron chi connectivity index (χ1n) is 3.11. The molecule has 5 heteroatoms. The van der Waals surface area contributed by atoms with Crippen molar-refractivity contribution in [2.75, 3.05) is 0 Å². The summed E-state index contributed by atoms with van der Waals surface area (Å²) in [4.78, 5) is 10.9. The molecule has 0 aliphatic rings. The molecule has 12 heavy (non-hydrogen) atoms. The maximum atomic E-state index is 12.9. The average molecular weight is 280 g/mol. The molecule has 0 aliphatic heterocycles. The molecule has 0 atom stereocenters. The molecule has 0 aromatic heterocycles. The van der Waals surface area contributed by atoms with Crippen LogP contribution in [0.15, 0.2) is 18.2 Å². The van der Waals surface area contributed by atoms with Gasteiger partial charge < -0.3 is 0 Å². The Morgan fingerprint density at radius 1 is 1.58 bits per heavy atom. The van der Waals surface area contributed by atoms with E-state index in [4.69, 9.17) is 5.84 Å². The fourth-order valence-electron chi connectivity index (χ4n) is 0.749. The standard InChI is InChI=1S/C7H6FIN2O/c8-6-2-1-4(9)3-5(6)7(12)11-10/h1-3H,10H2,(H,11,12). The van der Waals surface area contributed by atoms with Crippen LogP contribution < -0.4 is 11.3 Å². The highest BCUT2D eigenvalue weighted by Gasteiger charge is 2.09. The highest BCUT2D eigenvalue weighted by molar-refractivity contribution is 14.1. The molecule has 3 nitrogen and oxygen atoms in total. The Balaban J connectivity index is 3.13.